The molecule has 118 valence electrons. The molecule has 22 heavy (non-hydrogen) atoms. The Morgan fingerprint density at radius 1 is 1.14 bits per heavy atom. The summed E-state index contributed by atoms with van der Waals surface area (Å²) in [6, 6.07) is 12.6. The second kappa shape index (κ2) is 8.30. The Balaban J connectivity index is 2.05. The summed E-state index contributed by atoms with van der Waals surface area (Å²) in [6.07, 6.45) is 0. The number of nitrogens with one attached hydrogen (secondary N) is 1. The number of benzene rings is 2. The molecule has 0 aliphatic rings. The molecule has 0 amide bonds. The average Bonchev–Trinajstić information content (AvgIpc) is 2.47. The van der Waals surface area contributed by atoms with Crippen LogP contribution in [0.25, 0.3) is 0 Å². The second-order valence-corrected chi connectivity index (χ2v) is 6.57. The molecule has 2 rings (SSSR count). The van der Waals surface area contributed by atoms with E-state index in [0.29, 0.717) is 11.5 Å². The maximum atomic E-state index is 13.6. The van der Waals surface area contributed by atoms with Crippen molar-refractivity contribution in [1.82, 2.24) is 5.32 Å². The molecular weight excluding hydrogens is 345 g/mol. The minimum Gasteiger partial charge on any atom is -0.488 e. The minimum atomic E-state index is -0.237. The van der Waals surface area contributed by atoms with Gasteiger partial charge in [-0.2, -0.15) is 0 Å². The van der Waals surface area contributed by atoms with E-state index >= 15 is 0 Å². The van der Waals surface area contributed by atoms with Crippen LogP contribution in [0.15, 0.2) is 46.9 Å². The van der Waals surface area contributed by atoms with Crippen molar-refractivity contribution < 1.29 is 9.13 Å². The Morgan fingerprint density at radius 2 is 1.91 bits per heavy atom. The lowest BCUT2D eigenvalue weighted by Gasteiger charge is -2.14. The first kappa shape index (κ1) is 17.0. The van der Waals surface area contributed by atoms with Gasteiger partial charge in [0, 0.05) is 22.1 Å². The van der Waals surface area contributed by atoms with Crippen LogP contribution in [0.4, 0.5) is 4.39 Å². The predicted molar refractivity (Wildman–Crippen MR) is 91.4 cm³/mol. The fraction of sp³-hybridized carbons (Fsp3) is 0.333. The molecule has 0 aliphatic carbocycles. The van der Waals surface area contributed by atoms with Crippen molar-refractivity contribution in [3.63, 3.8) is 0 Å². The molecule has 2 nitrogen and oxygen atoms in total. The maximum absolute atomic E-state index is 13.6. The van der Waals surface area contributed by atoms with Gasteiger partial charge in [-0.05, 0) is 36.7 Å². The first-order valence-corrected chi connectivity index (χ1v) is 8.21. The third-order valence-corrected chi connectivity index (χ3v) is 3.72. The number of hydrogen-bond acceptors (Lipinski definition) is 2. The van der Waals surface area contributed by atoms with Crippen molar-refractivity contribution in [2.75, 3.05) is 6.54 Å². The molecule has 0 fully saturated rings. The molecule has 1 N–H and O–H groups in total. The molecule has 2 aromatic rings. The van der Waals surface area contributed by atoms with E-state index in [0.717, 1.165) is 28.9 Å². The monoisotopic (exact) mass is 365 g/mol. The zero-order chi connectivity index (χ0) is 15.9. The van der Waals surface area contributed by atoms with Crippen molar-refractivity contribution in [2.45, 2.75) is 27.0 Å². The van der Waals surface area contributed by atoms with Crippen molar-refractivity contribution in [1.29, 1.82) is 0 Å². The first-order valence-electron chi connectivity index (χ1n) is 7.41. The molecule has 0 aliphatic heterocycles. The molecule has 0 bridgehead atoms. The maximum Gasteiger partial charge on any atom is 0.129 e. The van der Waals surface area contributed by atoms with Crippen molar-refractivity contribution in [2.24, 2.45) is 5.92 Å². The molecule has 0 spiro atoms. The predicted octanol–water partition coefficient (Wildman–Crippen LogP) is 4.91. The van der Waals surface area contributed by atoms with Gasteiger partial charge in [0.1, 0.15) is 18.2 Å². The largest absolute Gasteiger partial charge is 0.488 e. The molecular formula is C18H21BrFNO. The summed E-state index contributed by atoms with van der Waals surface area (Å²) in [4.78, 5) is 0. The van der Waals surface area contributed by atoms with E-state index in [1.807, 2.05) is 24.3 Å². The van der Waals surface area contributed by atoms with Crippen molar-refractivity contribution in [3.8, 4) is 5.75 Å². The van der Waals surface area contributed by atoms with Gasteiger partial charge in [0.15, 0.2) is 0 Å². The Labute approximate surface area is 139 Å². The van der Waals surface area contributed by atoms with Gasteiger partial charge in [0.25, 0.3) is 0 Å². The number of hydrogen-bond donors (Lipinski definition) is 1. The van der Waals surface area contributed by atoms with Gasteiger partial charge in [-0.1, -0.05) is 48.0 Å². The van der Waals surface area contributed by atoms with Crippen LogP contribution in [0.5, 0.6) is 5.75 Å². The lowest BCUT2D eigenvalue weighted by molar-refractivity contribution is 0.295. The quantitative estimate of drug-likeness (QED) is 0.752. The summed E-state index contributed by atoms with van der Waals surface area (Å²) in [5, 5.41) is 3.40. The highest BCUT2D eigenvalue weighted by atomic mass is 79.9. The lowest BCUT2D eigenvalue weighted by Crippen LogP contribution is -2.19. The SMILES string of the molecule is CC(C)CNCc1cc(Br)ccc1OCc1ccccc1F. The summed E-state index contributed by atoms with van der Waals surface area (Å²) >= 11 is 3.48. The van der Waals surface area contributed by atoms with Gasteiger partial charge in [-0.25, -0.2) is 4.39 Å². The van der Waals surface area contributed by atoms with Gasteiger partial charge < -0.3 is 10.1 Å². The molecule has 0 unspecified atom stereocenters. The van der Waals surface area contributed by atoms with E-state index in [9.17, 15) is 4.39 Å². The van der Waals surface area contributed by atoms with E-state index in [2.05, 4.69) is 35.1 Å². The molecule has 0 saturated carbocycles. The van der Waals surface area contributed by atoms with Crippen LogP contribution in [-0.2, 0) is 13.2 Å². The van der Waals surface area contributed by atoms with Crippen LogP contribution in [0.3, 0.4) is 0 Å². The minimum absolute atomic E-state index is 0.228. The Morgan fingerprint density at radius 3 is 2.64 bits per heavy atom. The molecule has 0 saturated heterocycles. The van der Waals surface area contributed by atoms with Gasteiger partial charge >= 0.3 is 0 Å². The number of ether oxygens (including phenoxy) is 1. The fourth-order valence-corrected chi connectivity index (χ4v) is 2.50. The highest BCUT2D eigenvalue weighted by Gasteiger charge is 2.07. The third-order valence-electron chi connectivity index (χ3n) is 3.23. The van der Waals surface area contributed by atoms with Crippen LogP contribution >= 0.6 is 15.9 Å². The molecule has 0 radical (unpaired) electrons. The second-order valence-electron chi connectivity index (χ2n) is 5.66. The van der Waals surface area contributed by atoms with Crippen molar-refractivity contribution >= 4 is 15.9 Å². The summed E-state index contributed by atoms with van der Waals surface area (Å²) in [5.41, 5.74) is 1.62. The van der Waals surface area contributed by atoms with Crippen LogP contribution < -0.4 is 10.1 Å². The first-order chi connectivity index (χ1) is 10.6. The third kappa shape index (κ3) is 5.11. The van der Waals surface area contributed by atoms with Gasteiger partial charge in [0.05, 0.1) is 0 Å². The highest BCUT2D eigenvalue weighted by molar-refractivity contribution is 9.10. The highest BCUT2D eigenvalue weighted by Crippen LogP contribution is 2.24. The van der Waals surface area contributed by atoms with Crippen LogP contribution in [0, 0.1) is 11.7 Å². The standard InChI is InChI=1S/C18H21BrFNO/c1-13(2)10-21-11-15-9-16(19)7-8-18(15)22-12-14-5-3-4-6-17(14)20/h3-9,13,21H,10-12H2,1-2H3. The molecule has 0 atom stereocenters. The molecule has 0 aromatic heterocycles. The van der Waals surface area contributed by atoms with E-state index < -0.39 is 0 Å². The van der Waals surface area contributed by atoms with Crippen LogP contribution in [0.2, 0.25) is 0 Å². The Hall–Kier alpha value is -1.39. The van der Waals surface area contributed by atoms with Crippen LogP contribution in [-0.4, -0.2) is 6.54 Å². The molecule has 0 heterocycles. The van der Waals surface area contributed by atoms with E-state index in [1.54, 1.807) is 12.1 Å². The molecule has 2 aromatic carbocycles. The summed E-state index contributed by atoms with van der Waals surface area (Å²) in [5.74, 6) is 1.14. The smallest absolute Gasteiger partial charge is 0.129 e. The normalized spacial score (nSPS) is 11.0. The van der Waals surface area contributed by atoms with Gasteiger partial charge in [-0.3, -0.25) is 0 Å². The molecule has 4 heteroatoms. The summed E-state index contributed by atoms with van der Waals surface area (Å²) < 4.78 is 20.5. The summed E-state index contributed by atoms with van der Waals surface area (Å²) in [7, 11) is 0. The fourth-order valence-electron chi connectivity index (χ4n) is 2.09. The zero-order valence-corrected chi connectivity index (χ0v) is 14.5. The summed E-state index contributed by atoms with van der Waals surface area (Å²) in [6.45, 7) is 6.24. The van der Waals surface area contributed by atoms with E-state index in [1.165, 1.54) is 6.07 Å². The Kier molecular flexibility index (Phi) is 6.40. The average molecular weight is 366 g/mol. The van der Waals surface area contributed by atoms with Gasteiger partial charge in [-0.15, -0.1) is 0 Å². The lowest BCUT2D eigenvalue weighted by atomic mass is 10.1. The van der Waals surface area contributed by atoms with Crippen molar-refractivity contribution in [3.05, 3.63) is 63.9 Å². The topological polar surface area (TPSA) is 21.3 Å². The van der Waals surface area contributed by atoms with E-state index in [4.69, 9.17) is 4.74 Å². The Bertz CT molecular complexity index is 616. The van der Waals surface area contributed by atoms with Crippen LogP contribution in [0.1, 0.15) is 25.0 Å². The zero-order valence-electron chi connectivity index (χ0n) is 12.9. The number of rotatable bonds is 7. The number of halogens is 2. The van der Waals surface area contributed by atoms with E-state index in [-0.39, 0.29) is 12.4 Å². The van der Waals surface area contributed by atoms with Gasteiger partial charge in [0.2, 0.25) is 0 Å².